The van der Waals surface area contributed by atoms with Crippen LogP contribution in [0.1, 0.15) is 16.3 Å². The Morgan fingerprint density at radius 2 is 1.86 bits per heavy atom. The number of carbonyl (C=O) groups is 1. The van der Waals surface area contributed by atoms with Crippen molar-refractivity contribution in [3.05, 3.63) is 87.6 Å². The predicted molar refractivity (Wildman–Crippen MR) is 100 cm³/mol. The summed E-state index contributed by atoms with van der Waals surface area (Å²) >= 11 is 5.89. The molecule has 2 heterocycles. The summed E-state index contributed by atoms with van der Waals surface area (Å²) < 4.78 is 16.3. The van der Waals surface area contributed by atoms with Gasteiger partial charge in [0.05, 0.1) is 10.9 Å². The van der Waals surface area contributed by atoms with E-state index in [1.807, 2.05) is 0 Å². The van der Waals surface area contributed by atoms with E-state index in [1.165, 1.54) is 18.4 Å². The number of ether oxygens (including phenoxy) is 1. The van der Waals surface area contributed by atoms with E-state index in [1.54, 1.807) is 42.5 Å². The number of carboxylic acids is 1. The topological polar surface area (TPSA) is 92.7 Å². The van der Waals surface area contributed by atoms with Crippen molar-refractivity contribution in [2.45, 2.75) is 6.61 Å². The molecule has 7 heteroatoms. The molecule has 28 heavy (non-hydrogen) atoms. The minimum atomic E-state index is -1.39. The van der Waals surface area contributed by atoms with Crippen LogP contribution in [0.5, 0.6) is 5.75 Å². The second kappa shape index (κ2) is 7.25. The summed E-state index contributed by atoms with van der Waals surface area (Å²) in [6.45, 7) is 0.0197. The molecule has 4 rings (SSSR count). The van der Waals surface area contributed by atoms with Crippen LogP contribution < -0.4 is 15.3 Å². The predicted octanol–water partition coefficient (Wildman–Crippen LogP) is 3.65. The zero-order valence-corrected chi connectivity index (χ0v) is 15.1. The lowest BCUT2D eigenvalue weighted by atomic mass is 10.1. The van der Waals surface area contributed by atoms with E-state index in [9.17, 15) is 14.7 Å². The first kappa shape index (κ1) is 17.9. The molecule has 2 aromatic carbocycles. The summed E-state index contributed by atoms with van der Waals surface area (Å²) in [7, 11) is 0. The number of hydrogen-bond acceptors (Lipinski definition) is 6. The van der Waals surface area contributed by atoms with Crippen LogP contribution in [0.15, 0.2) is 74.5 Å². The van der Waals surface area contributed by atoms with E-state index in [2.05, 4.69) is 0 Å². The van der Waals surface area contributed by atoms with Crippen LogP contribution in [0.3, 0.4) is 0 Å². The second-order valence-corrected chi connectivity index (χ2v) is 6.42. The summed E-state index contributed by atoms with van der Waals surface area (Å²) in [5.41, 5.74) is 1.35. The zero-order valence-electron chi connectivity index (χ0n) is 14.3. The van der Waals surface area contributed by atoms with Crippen LogP contribution >= 0.6 is 11.6 Å². The number of aromatic carboxylic acids is 1. The highest BCUT2D eigenvalue weighted by Gasteiger charge is 2.11. The fourth-order valence-corrected chi connectivity index (χ4v) is 2.87. The van der Waals surface area contributed by atoms with E-state index in [-0.39, 0.29) is 17.8 Å². The van der Waals surface area contributed by atoms with Gasteiger partial charge in [-0.1, -0.05) is 23.7 Å². The number of halogens is 1. The summed E-state index contributed by atoms with van der Waals surface area (Å²) in [6, 6.07) is 14.5. The molecule has 0 N–H and O–H groups in total. The monoisotopic (exact) mass is 395 g/mol. The molecule has 0 fully saturated rings. The molecule has 0 saturated heterocycles. The van der Waals surface area contributed by atoms with Crippen molar-refractivity contribution >= 4 is 28.5 Å². The van der Waals surface area contributed by atoms with Crippen LogP contribution in [-0.2, 0) is 6.61 Å². The maximum atomic E-state index is 12.8. The van der Waals surface area contributed by atoms with Crippen molar-refractivity contribution in [2.75, 3.05) is 0 Å². The maximum absolute atomic E-state index is 12.8. The molecular weight excluding hydrogens is 384 g/mol. The largest absolute Gasteiger partial charge is 0.542 e. The highest BCUT2D eigenvalue weighted by atomic mass is 35.5. The Kier molecular flexibility index (Phi) is 4.63. The number of rotatable bonds is 5. The van der Waals surface area contributed by atoms with Crippen LogP contribution in [0.2, 0.25) is 5.02 Å². The molecule has 4 aromatic rings. The fraction of sp³-hybridized carbons (Fsp3) is 0.0476. The second-order valence-electron chi connectivity index (χ2n) is 5.99. The first-order valence-electron chi connectivity index (χ1n) is 8.25. The average molecular weight is 396 g/mol. The molecule has 0 amide bonds. The van der Waals surface area contributed by atoms with Crippen molar-refractivity contribution in [1.82, 2.24) is 0 Å². The molecule has 0 atom stereocenters. The molecule has 0 bridgehead atoms. The van der Waals surface area contributed by atoms with E-state index in [4.69, 9.17) is 25.2 Å². The van der Waals surface area contributed by atoms with Crippen molar-refractivity contribution in [1.29, 1.82) is 0 Å². The first-order chi connectivity index (χ1) is 13.5. The van der Waals surface area contributed by atoms with Gasteiger partial charge in [-0.2, -0.15) is 0 Å². The van der Waals surface area contributed by atoms with Crippen LogP contribution in [0.4, 0.5) is 0 Å². The lowest BCUT2D eigenvalue weighted by molar-refractivity contribution is -0.257. The van der Waals surface area contributed by atoms with Crippen molar-refractivity contribution in [3.63, 3.8) is 0 Å². The lowest BCUT2D eigenvalue weighted by Gasteiger charge is -2.07. The lowest BCUT2D eigenvalue weighted by Crippen LogP contribution is -2.21. The first-order valence-corrected chi connectivity index (χ1v) is 8.63. The third-order valence-electron chi connectivity index (χ3n) is 4.15. The van der Waals surface area contributed by atoms with Gasteiger partial charge in [0.2, 0.25) is 0 Å². The fourth-order valence-electron chi connectivity index (χ4n) is 2.75. The van der Waals surface area contributed by atoms with Crippen LogP contribution in [0, 0.1) is 0 Å². The van der Waals surface area contributed by atoms with E-state index < -0.39 is 5.97 Å². The van der Waals surface area contributed by atoms with E-state index in [0.717, 1.165) is 0 Å². The molecule has 140 valence electrons. The van der Waals surface area contributed by atoms with Gasteiger partial charge in [-0.25, -0.2) is 0 Å². The third-order valence-corrected chi connectivity index (χ3v) is 4.40. The SMILES string of the molecule is O=C([O-])c1ccc(COc2ccc3c(=O)c(-c4ccc(Cl)cc4)coc3c2)o1. The molecule has 0 spiro atoms. The molecule has 2 aromatic heterocycles. The normalized spacial score (nSPS) is 10.9. The Balaban J connectivity index is 1.59. The standard InChI is InChI=1S/C21H13ClO6/c22-13-3-1-12(2-4-13)17-11-27-19-9-14(5-7-16(19)20(17)23)26-10-15-6-8-18(28-15)21(24)25/h1-9,11H,10H2,(H,24,25)/p-1. The summed E-state index contributed by atoms with van der Waals surface area (Å²) in [5, 5.41) is 11.7. The van der Waals surface area contributed by atoms with Crippen molar-refractivity contribution in [2.24, 2.45) is 0 Å². The Morgan fingerprint density at radius 3 is 2.57 bits per heavy atom. The zero-order chi connectivity index (χ0) is 19.7. The Hall–Kier alpha value is -3.51. The van der Waals surface area contributed by atoms with Crippen LogP contribution in [-0.4, -0.2) is 5.97 Å². The average Bonchev–Trinajstić information content (AvgIpc) is 3.17. The van der Waals surface area contributed by atoms with E-state index >= 15 is 0 Å². The van der Waals surface area contributed by atoms with Gasteiger partial charge < -0.3 is 23.5 Å². The Bertz CT molecular complexity index is 1220. The minimum absolute atomic E-state index is 0.0197. The third kappa shape index (κ3) is 3.50. The molecule has 0 saturated carbocycles. The summed E-state index contributed by atoms with van der Waals surface area (Å²) in [4.78, 5) is 23.5. The molecule has 0 aliphatic carbocycles. The van der Waals surface area contributed by atoms with Crippen molar-refractivity contribution < 1.29 is 23.5 Å². The van der Waals surface area contributed by atoms with Gasteiger partial charge in [0.25, 0.3) is 0 Å². The van der Waals surface area contributed by atoms with Gasteiger partial charge in [-0.15, -0.1) is 0 Å². The Morgan fingerprint density at radius 1 is 1.07 bits per heavy atom. The quantitative estimate of drug-likeness (QED) is 0.512. The number of carboxylic acid groups (broad SMARTS) is 1. The highest BCUT2D eigenvalue weighted by molar-refractivity contribution is 6.30. The van der Waals surface area contributed by atoms with Crippen molar-refractivity contribution in [3.8, 4) is 16.9 Å². The molecule has 0 unspecified atom stereocenters. The highest BCUT2D eigenvalue weighted by Crippen LogP contribution is 2.24. The molecule has 0 radical (unpaired) electrons. The van der Waals surface area contributed by atoms with Gasteiger partial charge in [0.15, 0.2) is 5.43 Å². The minimum Gasteiger partial charge on any atom is -0.542 e. The summed E-state index contributed by atoms with van der Waals surface area (Å²) in [6.07, 6.45) is 1.40. The van der Waals surface area contributed by atoms with Gasteiger partial charge in [0.1, 0.15) is 41.7 Å². The number of furan rings is 1. The summed E-state index contributed by atoms with van der Waals surface area (Å²) in [5.74, 6) is -0.881. The van der Waals surface area contributed by atoms with E-state index in [0.29, 0.717) is 38.6 Å². The maximum Gasteiger partial charge on any atom is 0.200 e. The number of carbonyl (C=O) groups excluding carboxylic acids is 1. The molecule has 0 aliphatic heterocycles. The van der Waals surface area contributed by atoms with Crippen LogP contribution in [0.25, 0.3) is 22.1 Å². The number of fused-ring (bicyclic) bond motifs is 1. The molecular formula is C21H12ClO6-. The Labute approximate surface area is 163 Å². The molecule has 6 nitrogen and oxygen atoms in total. The smallest absolute Gasteiger partial charge is 0.200 e. The number of hydrogen-bond donors (Lipinski definition) is 0. The van der Waals surface area contributed by atoms with Gasteiger partial charge in [-0.3, -0.25) is 4.79 Å². The van der Waals surface area contributed by atoms with Gasteiger partial charge in [0, 0.05) is 11.1 Å². The molecule has 0 aliphatic rings. The van der Waals surface area contributed by atoms with Gasteiger partial charge >= 0.3 is 0 Å². The number of benzene rings is 2. The van der Waals surface area contributed by atoms with Gasteiger partial charge in [-0.05, 0) is 42.0 Å².